The number of hydrogen-bond acceptors (Lipinski definition) is 10. The molecule has 0 aromatic heterocycles. The standard InChI is InChI=1S/C47H56N6O8/c1-25(2)42(50-46(56)58-6)44(54)52-16-8-10-37(52)35-18-30(22-48-35)28-13-15-33-39(20-28)60-24-34-32-14-12-29(21-40(32)61-27(5)41(33)34)31-19-36(49-23-31)38-11-9-17-53(38)45(55)43(26(3)4)51-47(57)59-7/h12-15,20-23,25-27,37-38,42-43H,8-11,16-19,24H2,1-7H3,(H,50,56)(H,51,57)/t27?,37-,38-,42-,43-/m0/s1. The normalized spacial score (nSPS) is 22.5. The summed E-state index contributed by atoms with van der Waals surface area (Å²) in [4.78, 5) is 64.8. The topological polar surface area (TPSA) is 160 Å². The maximum atomic E-state index is 13.7. The number of amides is 4. The fraction of sp³-hybridized carbons (Fsp3) is 0.489. The summed E-state index contributed by atoms with van der Waals surface area (Å²) in [6, 6.07) is 11.0. The number of carbonyl (C=O) groups is 4. The monoisotopic (exact) mass is 832 g/mol. The average molecular weight is 833 g/mol. The van der Waals surface area contributed by atoms with Gasteiger partial charge in [0.2, 0.25) is 11.8 Å². The molecule has 2 saturated heterocycles. The number of nitrogens with zero attached hydrogens (tertiary/aromatic N) is 4. The van der Waals surface area contributed by atoms with E-state index in [0.717, 1.165) is 93.2 Å². The lowest BCUT2D eigenvalue weighted by Gasteiger charge is -2.34. The van der Waals surface area contributed by atoms with Crippen LogP contribution in [-0.2, 0) is 19.1 Å². The highest BCUT2D eigenvalue weighted by molar-refractivity contribution is 6.06. The van der Waals surface area contributed by atoms with Crippen LogP contribution in [0.1, 0.15) is 95.4 Å². The van der Waals surface area contributed by atoms with Crippen LogP contribution in [-0.4, -0.2) is 109 Å². The first-order valence-corrected chi connectivity index (χ1v) is 21.5. The summed E-state index contributed by atoms with van der Waals surface area (Å²) in [5.74, 6) is 1.18. The van der Waals surface area contributed by atoms with Crippen molar-refractivity contribution < 1.29 is 38.1 Å². The SMILES string of the molecule is COC(=O)N[C@H](C(=O)N1CCC[C@H]1C1=NC=C(c2ccc3c(c2)OC(C)C2=C3COc3cc(C4=CN=C([C@@H]5CCCN5C(=O)[C@@H](NC(=O)OC)C(C)C)C4)ccc32)C1)C(C)C. The highest BCUT2D eigenvalue weighted by Gasteiger charge is 2.41. The number of rotatable bonds is 10. The second kappa shape index (κ2) is 17.2. The van der Waals surface area contributed by atoms with Crippen molar-refractivity contribution in [3.05, 3.63) is 71.1 Å². The third kappa shape index (κ3) is 8.04. The Morgan fingerprint density at radius 1 is 0.721 bits per heavy atom. The quantitative estimate of drug-likeness (QED) is 0.262. The molecule has 14 heteroatoms. The molecule has 1 unspecified atom stereocenters. The number of likely N-dealkylation sites (tertiary alicyclic amines) is 2. The van der Waals surface area contributed by atoms with Crippen LogP contribution in [0.4, 0.5) is 9.59 Å². The van der Waals surface area contributed by atoms with Gasteiger partial charge in [-0.2, -0.15) is 0 Å². The van der Waals surface area contributed by atoms with Gasteiger partial charge >= 0.3 is 12.2 Å². The molecule has 2 fully saturated rings. The molecule has 0 saturated carbocycles. The Kier molecular flexibility index (Phi) is 11.8. The van der Waals surface area contributed by atoms with Gasteiger partial charge < -0.3 is 39.4 Å². The van der Waals surface area contributed by atoms with Crippen molar-refractivity contribution in [3.63, 3.8) is 0 Å². The number of carbonyl (C=O) groups excluding carboxylic acids is 4. The minimum absolute atomic E-state index is 0.0989. The Morgan fingerprint density at radius 3 is 1.70 bits per heavy atom. The molecule has 2 aromatic rings. The van der Waals surface area contributed by atoms with Crippen molar-refractivity contribution in [1.82, 2.24) is 20.4 Å². The molecule has 6 aliphatic rings. The van der Waals surface area contributed by atoms with Crippen LogP contribution >= 0.6 is 0 Å². The molecule has 5 atom stereocenters. The number of aliphatic imine (C=N–C) groups is 2. The van der Waals surface area contributed by atoms with Gasteiger partial charge in [0.05, 0.1) is 26.3 Å². The van der Waals surface area contributed by atoms with E-state index >= 15 is 0 Å². The van der Waals surface area contributed by atoms with E-state index in [9.17, 15) is 19.2 Å². The molecule has 4 amide bonds. The first kappa shape index (κ1) is 41.8. The Labute approximate surface area is 357 Å². The Bertz CT molecular complexity index is 2290. The van der Waals surface area contributed by atoms with E-state index in [2.05, 4.69) is 54.0 Å². The van der Waals surface area contributed by atoms with Gasteiger partial charge in [-0.15, -0.1) is 0 Å². The molecule has 8 rings (SSSR count). The highest BCUT2D eigenvalue weighted by atomic mass is 16.5. The van der Waals surface area contributed by atoms with Crippen molar-refractivity contribution in [2.75, 3.05) is 33.9 Å². The number of allylic oxidation sites excluding steroid dienone is 2. The molecular weight excluding hydrogens is 777 g/mol. The van der Waals surface area contributed by atoms with Crippen LogP contribution in [0.3, 0.4) is 0 Å². The molecule has 6 heterocycles. The minimum atomic E-state index is -0.677. The molecule has 14 nitrogen and oxygen atoms in total. The summed E-state index contributed by atoms with van der Waals surface area (Å²) in [5, 5.41) is 5.45. The summed E-state index contributed by atoms with van der Waals surface area (Å²) < 4.78 is 22.7. The molecule has 6 aliphatic heterocycles. The average Bonchev–Trinajstić information content (AvgIpc) is 4.10. The third-order valence-corrected chi connectivity index (χ3v) is 12.9. The summed E-state index contributed by atoms with van der Waals surface area (Å²) in [5.41, 5.74) is 10.3. The van der Waals surface area contributed by atoms with Crippen LogP contribution < -0.4 is 20.1 Å². The van der Waals surface area contributed by atoms with Gasteiger partial charge in [-0.3, -0.25) is 19.6 Å². The van der Waals surface area contributed by atoms with E-state index in [0.29, 0.717) is 32.5 Å². The number of hydrogen-bond donors (Lipinski definition) is 2. The summed E-state index contributed by atoms with van der Waals surface area (Å²) in [6.45, 7) is 11.4. The van der Waals surface area contributed by atoms with Crippen molar-refractivity contribution >= 4 is 57.7 Å². The lowest BCUT2D eigenvalue weighted by Crippen LogP contribution is -2.53. The number of benzene rings is 2. The van der Waals surface area contributed by atoms with E-state index in [1.54, 1.807) is 0 Å². The van der Waals surface area contributed by atoms with Crippen LogP contribution in [0.5, 0.6) is 11.5 Å². The smallest absolute Gasteiger partial charge is 0.407 e. The zero-order valence-electron chi connectivity index (χ0n) is 36.1. The number of nitrogens with one attached hydrogen (secondary N) is 2. The second-order valence-electron chi connectivity index (χ2n) is 17.4. The Balaban J connectivity index is 0.936. The number of ether oxygens (including phenoxy) is 4. The van der Waals surface area contributed by atoms with Crippen molar-refractivity contribution in [2.45, 2.75) is 103 Å². The highest BCUT2D eigenvalue weighted by Crippen LogP contribution is 2.47. The third-order valence-electron chi connectivity index (χ3n) is 12.9. The first-order valence-electron chi connectivity index (χ1n) is 21.5. The van der Waals surface area contributed by atoms with Crippen LogP contribution in [0.2, 0.25) is 0 Å². The Hall–Kier alpha value is -5.92. The fourth-order valence-corrected chi connectivity index (χ4v) is 9.63. The zero-order valence-corrected chi connectivity index (χ0v) is 36.1. The molecular formula is C47H56N6O8. The van der Waals surface area contributed by atoms with Crippen molar-refractivity contribution in [2.24, 2.45) is 21.8 Å². The molecule has 0 spiro atoms. The van der Waals surface area contributed by atoms with Gasteiger partial charge in [0.1, 0.15) is 36.3 Å². The van der Waals surface area contributed by atoms with E-state index in [1.807, 2.05) is 49.9 Å². The van der Waals surface area contributed by atoms with E-state index in [1.165, 1.54) is 14.2 Å². The number of methoxy groups -OCH3 is 2. The van der Waals surface area contributed by atoms with Gasteiger partial charge in [-0.25, -0.2) is 9.59 Å². The van der Waals surface area contributed by atoms with E-state index < -0.39 is 24.3 Å². The lowest BCUT2D eigenvalue weighted by molar-refractivity contribution is -0.134. The predicted octanol–water partition coefficient (Wildman–Crippen LogP) is 6.89. The number of fused-ring (bicyclic) bond motifs is 4. The largest absolute Gasteiger partial charge is 0.488 e. The molecule has 61 heavy (non-hydrogen) atoms. The maximum Gasteiger partial charge on any atom is 0.407 e. The minimum Gasteiger partial charge on any atom is -0.488 e. The summed E-state index contributed by atoms with van der Waals surface area (Å²) >= 11 is 0. The predicted molar refractivity (Wildman–Crippen MR) is 233 cm³/mol. The van der Waals surface area contributed by atoms with Gasteiger partial charge in [0, 0.05) is 72.0 Å². The molecule has 322 valence electrons. The van der Waals surface area contributed by atoms with Gasteiger partial charge in [-0.05, 0) is 78.8 Å². The molecule has 0 bridgehead atoms. The van der Waals surface area contributed by atoms with Gasteiger partial charge in [-0.1, -0.05) is 52.0 Å². The fourth-order valence-electron chi connectivity index (χ4n) is 9.63. The van der Waals surface area contributed by atoms with E-state index in [-0.39, 0.29) is 41.8 Å². The lowest BCUT2D eigenvalue weighted by atomic mass is 9.85. The Morgan fingerprint density at radius 2 is 1.21 bits per heavy atom. The zero-order chi connectivity index (χ0) is 43.1. The van der Waals surface area contributed by atoms with Crippen LogP contribution in [0.25, 0.3) is 22.3 Å². The first-order chi connectivity index (χ1) is 29.4. The van der Waals surface area contributed by atoms with Gasteiger partial charge in [0.25, 0.3) is 0 Å². The van der Waals surface area contributed by atoms with E-state index in [4.69, 9.17) is 28.9 Å². The second-order valence-corrected chi connectivity index (χ2v) is 17.4. The number of alkyl carbamates (subject to hydrolysis) is 2. The maximum absolute atomic E-state index is 13.7. The summed E-state index contributed by atoms with van der Waals surface area (Å²) in [7, 11) is 2.60. The van der Waals surface area contributed by atoms with Gasteiger partial charge in [0.15, 0.2) is 0 Å². The molecule has 0 aliphatic carbocycles. The molecule has 2 aromatic carbocycles. The van der Waals surface area contributed by atoms with Crippen molar-refractivity contribution in [3.8, 4) is 11.5 Å². The van der Waals surface area contributed by atoms with Crippen molar-refractivity contribution in [1.29, 1.82) is 0 Å². The summed E-state index contributed by atoms with van der Waals surface area (Å²) in [6.07, 6.45) is 7.01. The van der Waals surface area contributed by atoms with Crippen LogP contribution in [0.15, 0.2) is 58.8 Å². The van der Waals surface area contributed by atoms with Crippen LogP contribution in [0, 0.1) is 11.8 Å². The molecule has 0 radical (unpaired) electrons. The molecule has 2 N–H and O–H groups in total.